The molecule has 1 aromatic heterocycles. The third-order valence-corrected chi connectivity index (χ3v) is 5.88. The number of aromatic nitrogens is 1. The van der Waals surface area contributed by atoms with Gasteiger partial charge >= 0.3 is 6.18 Å². The van der Waals surface area contributed by atoms with E-state index in [0.29, 0.717) is 25.9 Å². The van der Waals surface area contributed by atoms with Crippen molar-refractivity contribution in [1.29, 1.82) is 5.26 Å². The second-order valence-corrected chi connectivity index (χ2v) is 7.71. The van der Waals surface area contributed by atoms with Crippen LogP contribution in [0.5, 0.6) is 0 Å². The standard InChI is InChI=1S/C19H18F3N3O2S/c1-18(27-2)5-7-25(8-6-18)17(26)13-4-3-12(10-23)9-14(13)16-24-15(11-28-16)19(20,21)22/h3-4,9,11H,5-8H2,1-2H3. The van der Waals surface area contributed by atoms with Gasteiger partial charge in [0.15, 0.2) is 5.69 Å². The summed E-state index contributed by atoms with van der Waals surface area (Å²) < 4.78 is 44.3. The van der Waals surface area contributed by atoms with Crippen LogP contribution >= 0.6 is 11.3 Å². The lowest BCUT2D eigenvalue weighted by Gasteiger charge is -2.38. The highest BCUT2D eigenvalue weighted by molar-refractivity contribution is 7.13. The van der Waals surface area contributed by atoms with E-state index in [0.717, 1.165) is 16.7 Å². The van der Waals surface area contributed by atoms with Crippen LogP contribution in [-0.2, 0) is 10.9 Å². The number of methoxy groups -OCH3 is 1. The molecule has 0 saturated carbocycles. The first-order chi connectivity index (χ1) is 13.2. The normalized spacial score (nSPS) is 16.6. The summed E-state index contributed by atoms with van der Waals surface area (Å²) in [5, 5.41) is 10.1. The number of carbonyl (C=O) groups is 1. The number of hydrogen-bond donors (Lipinski definition) is 0. The van der Waals surface area contributed by atoms with Crippen molar-refractivity contribution in [3.05, 3.63) is 40.4 Å². The summed E-state index contributed by atoms with van der Waals surface area (Å²) >= 11 is 0.799. The Morgan fingerprint density at radius 3 is 2.57 bits per heavy atom. The van der Waals surface area contributed by atoms with Crippen LogP contribution in [0.4, 0.5) is 13.2 Å². The lowest BCUT2D eigenvalue weighted by molar-refractivity contribution is -0.140. The molecule has 2 aromatic rings. The number of nitrogens with zero attached hydrogens (tertiary/aromatic N) is 3. The highest BCUT2D eigenvalue weighted by Gasteiger charge is 2.35. The fourth-order valence-electron chi connectivity index (χ4n) is 3.06. The van der Waals surface area contributed by atoms with Crippen LogP contribution in [0.1, 0.15) is 41.4 Å². The summed E-state index contributed by atoms with van der Waals surface area (Å²) in [6, 6.07) is 6.33. The summed E-state index contributed by atoms with van der Waals surface area (Å²) in [6.45, 7) is 2.94. The monoisotopic (exact) mass is 409 g/mol. The van der Waals surface area contributed by atoms with E-state index in [9.17, 15) is 18.0 Å². The van der Waals surface area contributed by atoms with Crippen molar-refractivity contribution in [3.63, 3.8) is 0 Å². The van der Waals surface area contributed by atoms with Crippen LogP contribution in [0.3, 0.4) is 0 Å². The second kappa shape index (κ2) is 7.53. The maximum atomic E-state index is 13.1. The molecule has 2 heterocycles. The van der Waals surface area contributed by atoms with Crippen molar-refractivity contribution in [3.8, 4) is 16.6 Å². The van der Waals surface area contributed by atoms with Gasteiger partial charge in [0, 0.05) is 36.7 Å². The molecule has 1 aliphatic heterocycles. The van der Waals surface area contributed by atoms with Gasteiger partial charge < -0.3 is 9.64 Å². The smallest absolute Gasteiger partial charge is 0.378 e. The van der Waals surface area contributed by atoms with E-state index in [-0.39, 0.29) is 33.2 Å². The number of nitriles is 1. The number of piperidine rings is 1. The fourth-order valence-corrected chi connectivity index (χ4v) is 3.92. The molecule has 1 saturated heterocycles. The molecule has 0 atom stereocenters. The first kappa shape index (κ1) is 20.3. The largest absolute Gasteiger partial charge is 0.434 e. The Morgan fingerprint density at radius 2 is 2.04 bits per heavy atom. The summed E-state index contributed by atoms with van der Waals surface area (Å²) in [5.41, 5.74) is -0.572. The predicted molar refractivity (Wildman–Crippen MR) is 97.8 cm³/mol. The van der Waals surface area contributed by atoms with E-state index < -0.39 is 11.9 Å². The second-order valence-electron chi connectivity index (χ2n) is 6.85. The number of amides is 1. The zero-order valence-electron chi connectivity index (χ0n) is 15.3. The molecule has 1 amide bonds. The van der Waals surface area contributed by atoms with Gasteiger partial charge in [-0.25, -0.2) is 4.98 Å². The Bertz CT molecular complexity index is 925. The van der Waals surface area contributed by atoms with Crippen LogP contribution in [-0.4, -0.2) is 41.6 Å². The maximum absolute atomic E-state index is 13.1. The molecule has 0 unspecified atom stereocenters. The number of benzene rings is 1. The van der Waals surface area contributed by atoms with Gasteiger partial charge in [0.1, 0.15) is 5.01 Å². The molecule has 1 aliphatic rings. The zero-order chi connectivity index (χ0) is 20.5. The van der Waals surface area contributed by atoms with Gasteiger partial charge in [0.05, 0.1) is 17.2 Å². The SMILES string of the molecule is COC1(C)CCN(C(=O)c2ccc(C#N)cc2-c2nc(C(F)(F)F)cs2)CC1. The van der Waals surface area contributed by atoms with E-state index >= 15 is 0 Å². The Balaban J connectivity index is 1.95. The highest BCUT2D eigenvalue weighted by Crippen LogP contribution is 2.36. The van der Waals surface area contributed by atoms with Gasteiger partial charge in [-0.1, -0.05) is 0 Å². The summed E-state index contributed by atoms with van der Waals surface area (Å²) in [6.07, 6.45) is -3.24. The Kier molecular flexibility index (Phi) is 5.46. The molecule has 1 fully saturated rings. The van der Waals surface area contributed by atoms with E-state index in [1.807, 2.05) is 13.0 Å². The van der Waals surface area contributed by atoms with Crippen molar-refractivity contribution in [1.82, 2.24) is 9.88 Å². The molecule has 3 rings (SSSR count). The topological polar surface area (TPSA) is 66.2 Å². The van der Waals surface area contributed by atoms with Gasteiger partial charge in [-0.15, -0.1) is 11.3 Å². The minimum Gasteiger partial charge on any atom is -0.378 e. The van der Waals surface area contributed by atoms with Gasteiger partial charge in [0.25, 0.3) is 5.91 Å². The number of likely N-dealkylation sites (tertiary alicyclic amines) is 1. The molecule has 1 aromatic carbocycles. The van der Waals surface area contributed by atoms with Crippen molar-refractivity contribution >= 4 is 17.2 Å². The van der Waals surface area contributed by atoms with Crippen molar-refractivity contribution in [2.45, 2.75) is 31.5 Å². The summed E-state index contributed by atoms with van der Waals surface area (Å²) in [4.78, 5) is 18.4. The molecule has 0 radical (unpaired) electrons. The quantitative estimate of drug-likeness (QED) is 0.756. The lowest BCUT2D eigenvalue weighted by atomic mass is 9.92. The van der Waals surface area contributed by atoms with Crippen LogP contribution in [0.25, 0.3) is 10.6 Å². The average molecular weight is 409 g/mol. The molecule has 0 N–H and O–H groups in total. The first-order valence-corrected chi connectivity index (χ1v) is 9.46. The van der Waals surface area contributed by atoms with Crippen molar-refractivity contribution < 1.29 is 22.7 Å². The van der Waals surface area contributed by atoms with E-state index in [4.69, 9.17) is 10.00 Å². The molecular formula is C19H18F3N3O2S. The number of rotatable bonds is 3. The lowest BCUT2D eigenvalue weighted by Crippen LogP contribution is -2.46. The molecule has 0 bridgehead atoms. The van der Waals surface area contributed by atoms with Gasteiger partial charge in [-0.2, -0.15) is 18.4 Å². The van der Waals surface area contributed by atoms with Crippen LogP contribution in [0.2, 0.25) is 0 Å². The number of halogens is 3. The number of ether oxygens (including phenoxy) is 1. The van der Waals surface area contributed by atoms with E-state index in [1.54, 1.807) is 12.0 Å². The third kappa shape index (κ3) is 4.03. The zero-order valence-corrected chi connectivity index (χ0v) is 16.2. The number of thiazole rings is 1. The Morgan fingerprint density at radius 1 is 1.36 bits per heavy atom. The molecule has 5 nitrogen and oxygen atoms in total. The average Bonchev–Trinajstić information content (AvgIpc) is 3.18. The van der Waals surface area contributed by atoms with E-state index in [2.05, 4.69) is 4.98 Å². The summed E-state index contributed by atoms with van der Waals surface area (Å²) in [7, 11) is 1.64. The number of carbonyl (C=O) groups excluding carboxylic acids is 1. The molecule has 0 spiro atoms. The molecule has 148 valence electrons. The minimum atomic E-state index is -4.57. The van der Waals surface area contributed by atoms with E-state index in [1.165, 1.54) is 18.2 Å². The van der Waals surface area contributed by atoms with Gasteiger partial charge in [-0.3, -0.25) is 4.79 Å². The van der Waals surface area contributed by atoms with Gasteiger partial charge in [-0.05, 0) is 38.0 Å². The Labute approximate surface area is 164 Å². The first-order valence-electron chi connectivity index (χ1n) is 8.58. The summed E-state index contributed by atoms with van der Waals surface area (Å²) in [5.74, 6) is -0.290. The van der Waals surface area contributed by atoms with Crippen LogP contribution in [0, 0.1) is 11.3 Å². The Hall–Kier alpha value is -2.44. The van der Waals surface area contributed by atoms with Gasteiger partial charge in [0.2, 0.25) is 0 Å². The minimum absolute atomic E-state index is 0.0616. The fraction of sp³-hybridized carbons (Fsp3) is 0.421. The molecular weight excluding hydrogens is 391 g/mol. The molecule has 28 heavy (non-hydrogen) atoms. The predicted octanol–water partition coefficient (Wildman–Crippen LogP) is 4.34. The molecule has 9 heteroatoms. The highest BCUT2D eigenvalue weighted by atomic mass is 32.1. The van der Waals surface area contributed by atoms with Crippen LogP contribution < -0.4 is 0 Å². The third-order valence-electron chi connectivity index (χ3n) is 5.01. The van der Waals surface area contributed by atoms with Crippen molar-refractivity contribution in [2.24, 2.45) is 0 Å². The number of alkyl halides is 3. The number of hydrogen-bond acceptors (Lipinski definition) is 5. The van der Waals surface area contributed by atoms with Crippen molar-refractivity contribution in [2.75, 3.05) is 20.2 Å². The maximum Gasteiger partial charge on any atom is 0.434 e. The van der Waals surface area contributed by atoms with Crippen LogP contribution in [0.15, 0.2) is 23.6 Å². The molecule has 0 aliphatic carbocycles.